The zero-order valence-corrected chi connectivity index (χ0v) is 11.7. The topological polar surface area (TPSA) is 61.8 Å². The van der Waals surface area contributed by atoms with Crippen molar-refractivity contribution in [2.24, 2.45) is 0 Å². The third-order valence-electron chi connectivity index (χ3n) is 3.72. The predicted octanol–water partition coefficient (Wildman–Crippen LogP) is 4.00. The standard InChI is InChI=1S/C18H13N3O/c22-15-11-14-18(20-21-19-14)17(13-9-5-2-6-10-13)16(15)12-7-3-1-4-8-12/h1-11,22H,(H,19,20,21). The lowest BCUT2D eigenvalue weighted by molar-refractivity contribution is 0.478. The van der Waals surface area contributed by atoms with Gasteiger partial charge >= 0.3 is 0 Å². The Hall–Kier alpha value is -3.14. The average molecular weight is 287 g/mol. The highest BCUT2D eigenvalue weighted by Gasteiger charge is 2.18. The number of phenols is 1. The zero-order chi connectivity index (χ0) is 14.9. The highest BCUT2D eigenvalue weighted by atomic mass is 16.3. The minimum absolute atomic E-state index is 0.212. The predicted molar refractivity (Wildman–Crippen MR) is 86.4 cm³/mol. The number of rotatable bonds is 2. The van der Waals surface area contributed by atoms with Gasteiger partial charge < -0.3 is 5.11 Å². The molecule has 4 nitrogen and oxygen atoms in total. The van der Waals surface area contributed by atoms with E-state index in [0.29, 0.717) is 0 Å². The lowest BCUT2D eigenvalue weighted by Gasteiger charge is -2.13. The summed E-state index contributed by atoms with van der Waals surface area (Å²) in [7, 11) is 0. The molecule has 0 aliphatic carbocycles. The van der Waals surface area contributed by atoms with Gasteiger partial charge in [0.05, 0.1) is 5.52 Å². The van der Waals surface area contributed by atoms with E-state index in [1.54, 1.807) is 6.07 Å². The molecule has 0 amide bonds. The van der Waals surface area contributed by atoms with Gasteiger partial charge in [-0.2, -0.15) is 0 Å². The van der Waals surface area contributed by atoms with Crippen LogP contribution in [0, 0.1) is 0 Å². The monoisotopic (exact) mass is 287 g/mol. The number of fused-ring (bicyclic) bond motifs is 1. The van der Waals surface area contributed by atoms with Crippen LogP contribution < -0.4 is 0 Å². The van der Waals surface area contributed by atoms with E-state index in [4.69, 9.17) is 0 Å². The Morgan fingerprint density at radius 1 is 0.773 bits per heavy atom. The molecule has 0 spiro atoms. The van der Waals surface area contributed by atoms with Crippen LogP contribution in [0.2, 0.25) is 0 Å². The van der Waals surface area contributed by atoms with Gasteiger partial charge in [0, 0.05) is 17.2 Å². The number of aromatic amines is 1. The zero-order valence-electron chi connectivity index (χ0n) is 11.7. The molecule has 1 aromatic heterocycles. The molecule has 4 rings (SSSR count). The summed E-state index contributed by atoms with van der Waals surface area (Å²) < 4.78 is 0. The normalized spacial score (nSPS) is 10.9. The molecule has 0 radical (unpaired) electrons. The highest BCUT2D eigenvalue weighted by molar-refractivity contribution is 6.03. The Morgan fingerprint density at radius 3 is 2.00 bits per heavy atom. The van der Waals surface area contributed by atoms with E-state index < -0.39 is 0 Å². The number of phenolic OH excluding ortho intramolecular Hbond substituents is 1. The maximum absolute atomic E-state index is 10.5. The molecule has 0 bridgehead atoms. The summed E-state index contributed by atoms with van der Waals surface area (Å²) in [5, 5.41) is 21.5. The van der Waals surface area contributed by atoms with E-state index in [-0.39, 0.29) is 5.75 Å². The molecule has 0 atom stereocenters. The van der Waals surface area contributed by atoms with Crippen molar-refractivity contribution >= 4 is 11.0 Å². The molecule has 0 fully saturated rings. The second kappa shape index (κ2) is 5.00. The molecule has 4 aromatic rings. The maximum Gasteiger partial charge on any atom is 0.126 e. The molecule has 4 heteroatoms. The van der Waals surface area contributed by atoms with E-state index in [0.717, 1.165) is 33.3 Å². The SMILES string of the molecule is Oc1cc2[nH]nnc2c(-c2ccccc2)c1-c1ccccc1. The van der Waals surface area contributed by atoms with Gasteiger partial charge in [0.25, 0.3) is 0 Å². The van der Waals surface area contributed by atoms with Crippen LogP contribution in [-0.2, 0) is 0 Å². The molecule has 0 aliphatic heterocycles. The Bertz CT molecular complexity index is 931. The minimum atomic E-state index is 0.212. The largest absolute Gasteiger partial charge is 0.507 e. The summed E-state index contributed by atoms with van der Waals surface area (Å²) in [6.45, 7) is 0. The number of benzene rings is 3. The molecule has 106 valence electrons. The van der Waals surface area contributed by atoms with E-state index in [9.17, 15) is 5.11 Å². The minimum Gasteiger partial charge on any atom is -0.507 e. The third-order valence-corrected chi connectivity index (χ3v) is 3.72. The van der Waals surface area contributed by atoms with Crippen molar-refractivity contribution in [3.8, 4) is 28.0 Å². The number of nitrogens with zero attached hydrogens (tertiary/aromatic N) is 2. The smallest absolute Gasteiger partial charge is 0.126 e. The van der Waals surface area contributed by atoms with E-state index in [1.807, 2.05) is 60.7 Å². The molecule has 1 heterocycles. The van der Waals surface area contributed by atoms with Crippen LogP contribution >= 0.6 is 0 Å². The van der Waals surface area contributed by atoms with E-state index in [1.165, 1.54) is 0 Å². The van der Waals surface area contributed by atoms with Gasteiger partial charge in [-0.25, -0.2) is 0 Å². The fourth-order valence-corrected chi connectivity index (χ4v) is 2.76. The van der Waals surface area contributed by atoms with Gasteiger partial charge in [0.15, 0.2) is 0 Å². The van der Waals surface area contributed by atoms with Crippen molar-refractivity contribution in [2.45, 2.75) is 0 Å². The number of aromatic hydroxyl groups is 1. The Balaban J connectivity index is 2.13. The van der Waals surface area contributed by atoms with Crippen molar-refractivity contribution in [3.63, 3.8) is 0 Å². The molecule has 0 aliphatic rings. The fraction of sp³-hybridized carbons (Fsp3) is 0. The summed E-state index contributed by atoms with van der Waals surface area (Å²) in [6, 6.07) is 21.4. The van der Waals surface area contributed by atoms with Crippen molar-refractivity contribution in [3.05, 3.63) is 66.7 Å². The number of nitrogens with one attached hydrogen (secondary N) is 1. The number of hydrogen-bond donors (Lipinski definition) is 2. The summed E-state index contributed by atoms with van der Waals surface area (Å²) in [5.74, 6) is 0.212. The van der Waals surface area contributed by atoms with E-state index in [2.05, 4.69) is 15.4 Å². The third kappa shape index (κ3) is 1.93. The highest BCUT2D eigenvalue weighted by Crippen LogP contribution is 2.42. The second-order valence-electron chi connectivity index (χ2n) is 5.09. The first-order valence-electron chi connectivity index (χ1n) is 7.02. The van der Waals surface area contributed by atoms with Crippen molar-refractivity contribution in [2.75, 3.05) is 0 Å². The van der Waals surface area contributed by atoms with Crippen LogP contribution in [0.4, 0.5) is 0 Å². The Labute approximate surface area is 127 Å². The molecular weight excluding hydrogens is 274 g/mol. The molecule has 2 N–H and O–H groups in total. The fourth-order valence-electron chi connectivity index (χ4n) is 2.76. The Morgan fingerprint density at radius 2 is 1.36 bits per heavy atom. The van der Waals surface area contributed by atoms with Gasteiger partial charge in [0.2, 0.25) is 0 Å². The summed E-state index contributed by atoms with van der Waals surface area (Å²) >= 11 is 0. The summed E-state index contributed by atoms with van der Waals surface area (Å²) in [5.41, 5.74) is 5.07. The average Bonchev–Trinajstić information content (AvgIpc) is 3.03. The molecule has 3 aromatic carbocycles. The number of aromatic nitrogens is 3. The Kier molecular flexibility index (Phi) is 2.86. The van der Waals surface area contributed by atoms with Crippen LogP contribution in [0.1, 0.15) is 0 Å². The summed E-state index contributed by atoms with van der Waals surface area (Å²) in [4.78, 5) is 0. The van der Waals surface area contributed by atoms with Crippen molar-refractivity contribution in [1.82, 2.24) is 15.4 Å². The molecule has 0 saturated carbocycles. The first-order valence-corrected chi connectivity index (χ1v) is 7.02. The van der Waals surface area contributed by atoms with E-state index >= 15 is 0 Å². The molecule has 0 saturated heterocycles. The molecule has 0 unspecified atom stereocenters. The van der Waals surface area contributed by atoms with Crippen LogP contribution in [0.5, 0.6) is 5.75 Å². The lowest BCUT2D eigenvalue weighted by atomic mass is 9.92. The first kappa shape index (κ1) is 12.6. The van der Waals surface area contributed by atoms with Crippen LogP contribution in [0.3, 0.4) is 0 Å². The van der Waals surface area contributed by atoms with Crippen molar-refractivity contribution < 1.29 is 5.11 Å². The van der Waals surface area contributed by atoms with Crippen molar-refractivity contribution in [1.29, 1.82) is 0 Å². The maximum atomic E-state index is 10.5. The number of hydrogen-bond acceptors (Lipinski definition) is 3. The van der Waals surface area contributed by atoms with Gasteiger partial charge in [-0.05, 0) is 11.1 Å². The quantitative estimate of drug-likeness (QED) is 0.586. The van der Waals surface area contributed by atoms with Gasteiger partial charge in [-0.15, -0.1) is 5.10 Å². The van der Waals surface area contributed by atoms with Crippen LogP contribution in [0.15, 0.2) is 66.7 Å². The van der Waals surface area contributed by atoms with Gasteiger partial charge in [0.1, 0.15) is 11.3 Å². The first-order chi connectivity index (χ1) is 10.8. The molecule has 22 heavy (non-hydrogen) atoms. The van der Waals surface area contributed by atoms with Gasteiger partial charge in [-0.1, -0.05) is 65.9 Å². The van der Waals surface area contributed by atoms with Crippen LogP contribution in [0.25, 0.3) is 33.3 Å². The van der Waals surface area contributed by atoms with Crippen LogP contribution in [-0.4, -0.2) is 20.5 Å². The lowest BCUT2D eigenvalue weighted by Crippen LogP contribution is -1.89. The molecular formula is C18H13N3O. The number of H-pyrrole nitrogens is 1. The second-order valence-corrected chi connectivity index (χ2v) is 5.09. The van der Waals surface area contributed by atoms with Gasteiger partial charge in [-0.3, -0.25) is 5.10 Å². The summed E-state index contributed by atoms with van der Waals surface area (Å²) in [6.07, 6.45) is 0.